The number of rotatable bonds is 10. The van der Waals surface area contributed by atoms with Gasteiger partial charge in [0.15, 0.2) is 0 Å². The minimum Gasteiger partial charge on any atom is -0.481 e. The summed E-state index contributed by atoms with van der Waals surface area (Å²) in [5.41, 5.74) is 0.532. The third-order valence-corrected chi connectivity index (χ3v) is 3.02. The molecule has 0 unspecified atom stereocenters. The zero-order chi connectivity index (χ0) is 14.9. The number of amides is 1. The van der Waals surface area contributed by atoms with Crippen molar-refractivity contribution in [3.8, 4) is 0 Å². The molecule has 2 N–H and O–H groups in total. The number of carbonyl (C=O) groups is 2. The molecule has 0 rings (SSSR count). The zero-order valence-electron chi connectivity index (χ0n) is 12.4. The van der Waals surface area contributed by atoms with Crippen LogP contribution in [0.4, 0.5) is 0 Å². The van der Waals surface area contributed by atoms with Crippen molar-refractivity contribution in [1.82, 2.24) is 5.32 Å². The van der Waals surface area contributed by atoms with Gasteiger partial charge in [-0.05, 0) is 19.8 Å². The fourth-order valence-corrected chi connectivity index (χ4v) is 1.79. The van der Waals surface area contributed by atoms with Crippen molar-refractivity contribution in [2.24, 2.45) is 0 Å². The predicted octanol–water partition coefficient (Wildman–Crippen LogP) is 1.40. The normalized spacial score (nSPS) is 11.1. The van der Waals surface area contributed by atoms with Gasteiger partial charge in [-0.25, -0.2) is 0 Å². The summed E-state index contributed by atoms with van der Waals surface area (Å²) in [6, 6.07) is 0. The molecule has 0 fully saturated rings. The number of hydrogen-bond donors (Lipinski definition) is 2. The first-order valence-corrected chi connectivity index (χ1v) is 6.72. The molecule has 0 aliphatic heterocycles. The first kappa shape index (κ1) is 17.6. The minimum atomic E-state index is -0.734. The molecular formula is C14H27N2O3+. The first-order valence-electron chi connectivity index (χ1n) is 6.72. The number of nitrogens with zero attached hydrogens (tertiary/aromatic N) is 1. The number of nitrogens with one attached hydrogen (secondary N) is 1. The van der Waals surface area contributed by atoms with E-state index < -0.39 is 5.97 Å². The molecule has 0 atom stereocenters. The van der Waals surface area contributed by atoms with Crippen LogP contribution in [0.15, 0.2) is 12.2 Å². The van der Waals surface area contributed by atoms with Gasteiger partial charge in [-0.1, -0.05) is 6.58 Å². The number of carboxylic acid groups (broad SMARTS) is 1. The minimum absolute atomic E-state index is 0.0878. The molecule has 0 aromatic heterocycles. The van der Waals surface area contributed by atoms with Crippen LogP contribution in [-0.4, -0.2) is 55.2 Å². The number of quaternary nitrogens is 1. The van der Waals surface area contributed by atoms with Crippen LogP contribution in [0, 0.1) is 0 Å². The highest BCUT2D eigenvalue weighted by Crippen LogP contribution is 2.05. The van der Waals surface area contributed by atoms with Crippen molar-refractivity contribution in [2.75, 3.05) is 33.7 Å². The summed E-state index contributed by atoms with van der Waals surface area (Å²) >= 11 is 0. The van der Waals surface area contributed by atoms with Gasteiger partial charge in [0.05, 0.1) is 33.6 Å². The van der Waals surface area contributed by atoms with E-state index >= 15 is 0 Å². The molecule has 0 saturated carbocycles. The highest BCUT2D eigenvalue weighted by atomic mass is 16.4. The van der Waals surface area contributed by atoms with Crippen molar-refractivity contribution in [1.29, 1.82) is 0 Å². The molecule has 5 nitrogen and oxygen atoms in total. The zero-order valence-corrected chi connectivity index (χ0v) is 12.4. The largest absolute Gasteiger partial charge is 0.481 e. The Hall–Kier alpha value is -1.36. The number of aliphatic carboxylic acids is 1. The van der Waals surface area contributed by atoms with E-state index in [1.54, 1.807) is 6.92 Å². The maximum atomic E-state index is 11.2. The summed E-state index contributed by atoms with van der Waals surface area (Å²) in [7, 11) is 4.21. The maximum absolute atomic E-state index is 11.2. The molecule has 19 heavy (non-hydrogen) atoms. The van der Waals surface area contributed by atoms with E-state index in [4.69, 9.17) is 5.11 Å². The molecule has 5 heteroatoms. The molecule has 0 radical (unpaired) electrons. The summed E-state index contributed by atoms with van der Waals surface area (Å²) in [5, 5.41) is 11.4. The van der Waals surface area contributed by atoms with Gasteiger partial charge in [-0.3, -0.25) is 9.59 Å². The van der Waals surface area contributed by atoms with E-state index in [9.17, 15) is 9.59 Å². The molecule has 0 aromatic carbocycles. The molecule has 1 amide bonds. The van der Waals surface area contributed by atoms with Crippen LogP contribution >= 0.6 is 0 Å². The van der Waals surface area contributed by atoms with Crippen molar-refractivity contribution in [2.45, 2.75) is 32.6 Å². The molecule has 0 spiro atoms. The van der Waals surface area contributed by atoms with Gasteiger partial charge in [-0.15, -0.1) is 0 Å². The van der Waals surface area contributed by atoms with E-state index in [0.29, 0.717) is 18.5 Å². The maximum Gasteiger partial charge on any atom is 0.303 e. The highest BCUT2D eigenvalue weighted by molar-refractivity contribution is 5.91. The molecule has 110 valence electrons. The smallest absolute Gasteiger partial charge is 0.303 e. The Morgan fingerprint density at radius 1 is 1.16 bits per heavy atom. The number of carboxylic acids is 1. The number of unbranched alkanes of at least 4 members (excludes halogenated alkanes) is 1. The van der Waals surface area contributed by atoms with E-state index in [-0.39, 0.29) is 12.3 Å². The van der Waals surface area contributed by atoms with Gasteiger partial charge >= 0.3 is 5.97 Å². The Morgan fingerprint density at radius 3 is 2.26 bits per heavy atom. The van der Waals surface area contributed by atoms with Gasteiger partial charge in [0.1, 0.15) is 0 Å². The predicted molar refractivity (Wildman–Crippen MR) is 75.8 cm³/mol. The van der Waals surface area contributed by atoms with Crippen LogP contribution in [-0.2, 0) is 9.59 Å². The van der Waals surface area contributed by atoms with Crippen molar-refractivity contribution >= 4 is 11.9 Å². The molecule has 0 saturated heterocycles. The van der Waals surface area contributed by atoms with Gasteiger partial charge < -0.3 is 14.9 Å². The molecule has 0 aromatic rings. The third-order valence-electron chi connectivity index (χ3n) is 3.02. The van der Waals surface area contributed by atoms with Crippen LogP contribution < -0.4 is 5.32 Å². The Labute approximate surface area is 115 Å². The summed E-state index contributed by atoms with van der Waals surface area (Å²) in [5.74, 6) is -0.822. The average Bonchev–Trinajstić information content (AvgIpc) is 2.27. The summed E-state index contributed by atoms with van der Waals surface area (Å²) in [6.45, 7) is 7.79. The van der Waals surface area contributed by atoms with E-state index in [1.807, 2.05) is 0 Å². The van der Waals surface area contributed by atoms with Crippen molar-refractivity contribution in [3.05, 3.63) is 12.2 Å². The van der Waals surface area contributed by atoms with Crippen LogP contribution in [0.5, 0.6) is 0 Å². The molecule has 0 aliphatic rings. The fourth-order valence-electron chi connectivity index (χ4n) is 1.79. The summed E-state index contributed by atoms with van der Waals surface area (Å²) in [6.07, 6.45) is 2.88. The molecular weight excluding hydrogens is 244 g/mol. The van der Waals surface area contributed by atoms with Gasteiger partial charge in [0, 0.05) is 18.5 Å². The van der Waals surface area contributed by atoms with Crippen LogP contribution in [0.25, 0.3) is 0 Å². The lowest BCUT2D eigenvalue weighted by atomic mass is 10.2. The van der Waals surface area contributed by atoms with E-state index in [1.165, 1.54) is 0 Å². The Bertz CT molecular complexity index is 325. The Morgan fingerprint density at radius 2 is 1.74 bits per heavy atom. The molecule has 0 heterocycles. The topological polar surface area (TPSA) is 66.4 Å². The number of hydrogen-bond acceptors (Lipinski definition) is 2. The Balaban J connectivity index is 3.66. The van der Waals surface area contributed by atoms with E-state index in [2.05, 4.69) is 26.0 Å². The second kappa shape index (κ2) is 8.69. The molecule has 0 bridgehead atoms. The third kappa shape index (κ3) is 10.3. The first-order chi connectivity index (χ1) is 8.74. The average molecular weight is 271 g/mol. The highest BCUT2D eigenvalue weighted by Gasteiger charge is 2.14. The van der Waals surface area contributed by atoms with Crippen LogP contribution in [0.2, 0.25) is 0 Å². The van der Waals surface area contributed by atoms with Crippen molar-refractivity contribution in [3.63, 3.8) is 0 Å². The molecule has 0 aliphatic carbocycles. The van der Waals surface area contributed by atoms with Gasteiger partial charge in [0.25, 0.3) is 0 Å². The number of carbonyl (C=O) groups excluding carboxylic acids is 1. The van der Waals surface area contributed by atoms with Crippen LogP contribution in [0.1, 0.15) is 32.6 Å². The van der Waals surface area contributed by atoms with Crippen LogP contribution in [0.3, 0.4) is 0 Å². The quantitative estimate of drug-likeness (QED) is 0.358. The monoisotopic (exact) mass is 271 g/mol. The second-order valence-corrected chi connectivity index (χ2v) is 5.62. The van der Waals surface area contributed by atoms with Gasteiger partial charge in [0.2, 0.25) is 5.91 Å². The SMILES string of the molecule is C=C(C)C(=O)NCCCC[N+](C)(C)CCCC(=O)O. The second-order valence-electron chi connectivity index (χ2n) is 5.62. The van der Waals surface area contributed by atoms with Crippen molar-refractivity contribution < 1.29 is 19.2 Å². The Kier molecular flexibility index (Phi) is 8.07. The summed E-state index contributed by atoms with van der Waals surface area (Å²) in [4.78, 5) is 21.7. The summed E-state index contributed by atoms with van der Waals surface area (Å²) < 4.78 is 0.821. The van der Waals surface area contributed by atoms with E-state index in [0.717, 1.165) is 30.4 Å². The van der Waals surface area contributed by atoms with Gasteiger partial charge in [-0.2, -0.15) is 0 Å². The lowest BCUT2D eigenvalue weighted by Gasteiger charge is -2.29. The lowest BCUT2D eigenvalue weighted by molar-refractivity contribution is -0.890. The fraction of sp³-hybridized carbons (Fsp3) is 0.714. The standard InChI is InChI=1S/C14H26N2O3/c1-12(2)14(19)15-9-5-6-10-16(3,4)11-7-8-13(17)18/h1,5-11H2,2-4H3,(H-,15,17,18,19)/p+1. The lowest BCUT2D eigenvalue weighted by Crippen LogP contribution is -2.41.